The Hall–Kier alpha value is 0.347. The summed E-state index contributed by atoms with van der Waals surface area (Å²) in [6, 6.07) is 0.470. The molecule has 3 atom stereocenters. The second-order valence-corrected chi connectivity index (χ2v) is 5.94. The van der Waals surface area contributed by atoms with Crippen molar-refractivity contribution in [2.24, 2.45) is 0 Å². The van der Waals surface area contributed by atoms with Crippen molar-refractivity contribution in [2.75, 3.05) is 12.5 Å². The molecule has 6 heteroatoms. The van der Waals surface area contributed by atoms with Crippen molar-refractivity contribution in [2.45, 2.75) is 31.6 Å². The summed E-state index contributed by atoms with van der Waals surface area (Å²) in [6.45, 7) is 1.67. The smallest absolute Gasteiger partial charge is 0.394 e. The van der Waals surface area contributed by atoms with Crippen LogP contribution < -0.4 is 0 Å². The van der Waals surface area contributed by atoms with Gasteiger partial charge in [0.05, 0.1) is 18.8 Å². The molecule has 2 N–H and O–H groups in total. The minimum Gasteiger partial charge on any atom is -0.394 e. The fraction of sp³-hybridized carbons (Fsp3) is 1.00. The quantitative estimate of drug-likeness (QED) is 0.536. The number of rotatable bonds is 4. The molecule has 78 valence electrons. The molecule has 1 aliphatic rings. The van der Waals surface area contributed by atoms with E-state index in [1.54, 1.807) is 6.92 Å². The highest BCUT2D eigenvalue weighted by atomic mass is 35.5. The van der Waals surface area contributed by atoms with Crippen LogP contribution in [0, 0.1) is 0 Å². The zero-order chi connectivity index (χ0) is 9.90. The molecule has 0 aromatic heterocycles. The van der Waals surface area contributed by atoms with Crippen LogP contribution in [0.1, 0.15) is 13.3 Å². The van der Waals surface area contributed by atoms with Crippen molar-refractivity contribution in [3.8, 4) is 0 Å². The third-order valence-corrected chi connectivity index (χ3v) is 4.70. The van der Waals surface area contributed by atoms with E-state index in [1.165, 1.54) is 0 Å². The minimum absolute atomic E-state index is 0.114. The predicted octanol–water partition coefficient (Wildman–Crippen LogP) is 0.343. The Bertz CT molecular complexity index is 171. The van der Waals surface area contributed by atoms with Gasteiger partial charge >= 0.3 is 8.80 Å². The van der Waals surface area contributed by atoms with E-state index in [9.17, 15) is 4.80 Å². The van der Waals surface area contributed by atoms with Gasteiger partial charge in [0, 0.05) is 11.9 Å². The second-order valence-electron chi connectivity index (χ2n) is 3.17. The number of halogens is 1. The lowest BCUT2D eigenvalue weighted by molar-refractivity contribution is 0.0936. The fourth-order valence-corrected chi connectivity index (χ4v) is 4.06. The van der Waals surface area contributed by atoms with E-state index in [-0.39, 0.29) is 18.8 Å². The van der Waals surface area contributed by atoms with Gasteiger partial charge in [0.2, 0.25) is 0 Å². The first-order chi connectivity index (χ1) is 6.11. The van der Waals surface area contributed by atoms with Crippen molar-refractivity contribution in [3.63, 3.8) is 0 Å². The molecule has 1 rings (SSSR count). The lowest BCUT2D eigenvalue weighted by atomic mass is 10.2. The SMILES string of the molecule is CC1O[Si](O)(CCCCl)OC1CO. The molecule has 0 saturated carbocycles. The summed E-state index contributed by atoms with van der Waals surface area (Å²) in [5.41, 5.74) is 0. The van der Waals surface area contributed by atoms with Gasteiger partial charge in [-0.2, -0.15) is 0 Å². The van der Waals surface area contributed by atoms with Crippen LogP contribution in [-0.4, -0.2) is 43.4 Å². The number of hydrogen-bond acceptors (Lipinski definition) is 4. The Kier molecular flexibility index (Phi) is 4.15. The maximum Gasteiger partial charge on any atom is 0.498 e. The van der Waals surface area contributed by atoms with E-state index in [0.29, 0.717) is 18.3 Å². The maximum atomic E-state index is 9.82. The standard InChI is InChI=1S/C7H15ClO4Si/c1-6-7(5-9)12-13(10,11-6)4-2-3-8/h6-7,9-10H,2-5H2,1H3. The molecule has 0 spiro atoms. The molecule has 0 aliphatic carbocycles. The third-order valence-electron chi connectivity index (χ3n) is 2.04. The van der Waals surface area contributed by atoms with Crippen LogP contribution in [0.2, 0.25) is 6.04 Å². The van der Waals surface area contributed by atoms with Crippen LogP contribution >= 0.6 is 11.6 Å². The van der Waals surface area contributed by atoms with Crippen LogP contribution in [0.5, 0.6) is 0 Å². The van der Waals surface area contributed by atoms with E-state index in [4.69, 9.17) is 25.6 Å². The molecule has 1 aliphatic heterocycles. The number of aliphatic hydroxyl groups is 1. The van der Waals surface area contributed by atoms with Gasteiger partial charge in [-0.1, -0.05) is 0 Å². The topological polar surface area (TPSA) is 58.9 Å². The summed E-state index contributed by atoms with van der Waals surface area (Å²) in [6.07, 6.45) is 0.0683. The lowest BCUT2D eigenvalue weighted by Gasteiger charge is -2.15. The zero-order valence-corrected chi connectivity index (χ0v) is 9.33. The summed E-state index contributed by atoms with van der Waals surface area (Å²) in [5, 5.41) is 8.87. The molecule has 0 aromatic rings. The van der Waals surface area contributed by atoms with Crippen molar-refractivity contribution in [1.29, 1.82) is 0 Å². The van der Waals surface area contributed by atoms with E-state index in [1.807, 2.05) is 0 Å². The molecule has 1 saturated heterocycles. The largest absolute Gasteiger partial charge is 0.498 e. The molecule has 13 heavy (non-hydrogen) atoms. The first kappa shape index (κ1) is 11.4. The summed E-state index contributed by atoms with van der Waals surface area (Å²) in [7, 11) is -3.00. The minimum atomic E-state index is -3.00. The number of alkyl halides is 1. The summed E-state index contributed by atoms with van der Waals surface area (Å²) >= 11 is 5.50. The van der Waals surface area contributed by atoms with Crippen molar-refractivity contribution >= 4 is 20.4 Å². The van der Waals surface area contributed by atoms with Crippen LogP contribution in [0.3, 0.4) is 0 Å². The zero-order valence-electron chi connectivity index (χ0n) is 7.57. The van der Waals surface area contributed by atoms with E-state index in [2.05, 4.69) is 0 Å². The van der Waals surface area contributed by atoms with Crippen LogP contribution in [-0.2, 0) is 8.85 Å². The molecule has 0 radical (unpaired) electrons. The van der Waals surface area contributed by atoms with Crippen LogP contribution in [0.4, 0.5) is 0 Å². The predicted molar refractivity (Wildman–Crippen MR) is 50.6 cm³/mol. The fourth-order valence-electron chi connectivity index (χ4n) is 1.32. The van der Waals surface area contributed by atoms with Gasteiger partial charge in [-0.25, -0.2) is 0 Å². The molecule has 0 amide bonds. The molecule has 4 nitrogen and oxygen atoms in total. The highest BCUT2D eigenvalue weighted by Crippen LogP contribution is 2.26. The Morgan fingerprint density at radius 3 is 2.62 bits per heavy atom. The average molecular weight is 227 g/mol. The second kappa shape index (κ2) is 4.72. The average Bonchev–Trinajstić information content (AvgIpc) is 2.39. The Balaban J connectivity index is 2.44. The number of hydrogen-bond donors (Lipinski definition) is 2. The first-order valence-electron chi connectivity index (χ1n) is 4.36. The number of aliphatic hydroxyl groups excluding tert-OH is 1. The monoisotopic (exact) mass is 226 g/mol. The first-order valence-corrected chi connectivity index (χ1v) is 6.86. The van der Waals surface area contributed by atoms with Crippen molar-refractivity contribution in [1.82, 2.24) is 0 Å². The summed E-state index contributed by atoms with van der Waals surface area (Å²) < 4.78 is 10.6. The molecular weight excluding hydrogens is 212 g/mol. The molecular formula is C7H15ClO4Si. The van der Waals surface area contributed by atoms with Gasteiger partial charge in [0.15, 0.2) is 0 Å². The van der Waals surface area contributed by atoms with Gasteiger partial charge < -0.3 is 18.8 Å². The van der Waals surface area contributed by atoms with E-state index in [0.717, 1.165) is 0 Å². The molecule has 1 heterocycles. The van der Waals surface area contributed by atoms with Gasteiger partial charge in [0.25, 0.3) is 0 Å². The van der Waals surface area contributed by atoms with Gasteiger partial charge in [-0.05, 0) is 13.3 Å². The highest BCUT2D eigenvalue weighted by Gasteiger charge is 2.48. The molecule has 0 aromatic carbocycles. The van der Waals surface area contributed by atoms with Crippen molar-refractivity contribution < 1.29 is 18.8 Å². The maximum absolute atomic E-state index is 9.82. The van der Waals surface area contributed by atoms with E-state index < -0.39 is 8.80 Å². The summed E-state index contributed by atoms with van der Waals surface area (Å²) in [5.74, 6) is 0.486. The normalized spacial score (nSPS) is 39.7. The Morgan fingerprint density at radius 1 is 1.46 bits per heavy atom. The Labute approximate surface area is 83.8 Å². The molecule has 1 fully saturated rings. The third kappa shape index (κ3) is 2.90. The van der Waals surface area contributed by atoms with Crippen LogP contribution in [0.15, 0.2) is 0 Å². The highest BCUT2D eigenvalue weighted by molar-refractivity contribution is 6.59. The summed E-state index contributed by atoms with van der Waals surface area (Å²) in [4.78, 5) is 9.82. The van der Waals surface area contributed by atoms with Gasteiger partial charge in [0.1, 0.15) is 0 Å². The van der Waals surface area contributed by atoms with Gasteiger partial charge in [-0.15, -0.1) is 11.6 Å². The lowest BCUT2D eigenvalue weighted by Crippen LogP contribution is -2.37. The van der Waals surface area contributed by atoms with Gasteiger partial charge in [-0.3, -0.25) is 0 Å². The molecule has 0 bridgehead atoms. The van der Waals surface area contributed by atoms with Crippen molar-refractivity contribution in [3.05, 3.63) is 0 Å². The van der Waals surface area contributed by atoms with Crippen LogP contribution in [0.25, 0.3) is 0 Å². The van der Waals surface area contributed by atoms with E-state index >= 15 is 0 Å². The molecule has 3 unspecified atom stereocenters. The Morgan fingerprint density at radius 2 is 2.15 bits per heavy atom.